The van der Waals surface area contributed by atoms with Crippen molar-refractivity contribution in [3.05, 3.63) is 0 Å². The highest BCUT2D eigenvalue weighted by molar-refractivity contribution is 5.94. The maximum Gasteiger partial charge on any atom is 0.242 e. The van der Waals surface area contributed by atoms with Gasteiger partial charge >= 0.3 is 0 Å². The molecule has 0 saturated heterocycles. The average molecular weight is 112 g/mol. The molecule has 0 fully saturated rings. The first-order valence-corrected chi connectivity index (χ1v) is 2.03. The molecule has 0 aromatic heterocycles. The van der Waals surface area contributed by atoms with Crippen LogP contribution in [0.1, 0.15) is 6.92 Å². The number of hydrogen-bond acceptors (Lipinski definition) is 1. The van der Waals surface area contributed by atoms with E-state index in [0.29, 0.717) is 5.84 Å². The van der Waals surface area contributed by atoms with Crippen molar-refractivity contribution in [1.82, 2.24) is 0 Å². The third kappa shape index (κ3) is 3.02. The van der Waals surface area contributed by atoms with E-state index in [0.717, 1.165) is 0 Å². The second-order valence-corrected chi connectivity index (χ2v) is 1.23. The molecule has 8 heavy (non-hydrogen) atoms. The Morgan fingerprint density at radius 1 is 1.75 bits per heavy atom. The Bertz CT molecular complexity index is 131. The highest BCUT2D eigenvalue weighted by atomic mass is 15.0. The number of nitrogens with zero attached hydrogens (tertiary/aromatic N) is 2. The van der Waals surface area contributed by atoms with E-state index in [-0.39, 0.29) is 5.96 Å². The summed E-state index contributed by atoms with van der Waals surface area (Å²) in [7, 11) is 0. The maximum absolute atomic E-state index is 6.77. The van der Waals surface area contributed by atoms with Crippen molar-refractivity contribution >= 4 is 18.5 Å². The molecule has 0 aromatic rings. The summed E-state index contributed by atoms with van der Waals surface area (Å²) in [5.41, 5.74) is 5.09. The molecule has 0 amide bonds. The van der Waals surface area contributed by atoms with E-state index in [2.05, 4.69) is 16.7 Å². The van der Waals surface area contributed by atoms with Crippen molar-refractivity contribution in [2.75, 3.05) is 0 Å². The fourth-order valence-corrected chi connectivity index (χ4v) is 0.202. The molecule has 0 spiro atoms. The number of rotatable bonds is 0. The number of aliphatic imine (C=N–C) groups is 2. The summed E-state index contributed by atoms with van der Waals surface area (Å²) in [5.74, 6) is 0.174. The molecular formula is C4H8N4. The monoisotopic (exact) mass is 112 g/mol. The molecule has 0 aliphatic rings. The lowest BCUT2D eigenvalue weighted by molar-refractivity contribution is 1.36. The van der Waals surface area contributed by atoms with Crippen LogP contribution in [0.4, 0.5) is 0 Å². The largest absolute Gasteiger partial charge is 0.387 e. The predicted molar refractivity (Wildman–Crippen MR) is 34.6 cm³/mol. The van der Waals surface area contributed by atoms with E-state index in [1.807, 2.05) is 0 Å². The lowest BCUT2D eigenvalue weighted by Gasteiger charge is -1.85. The summed E-state index contributed by atoms with van der Waals surface area (Å²) in [6.45, 7) is 4.66. The summed E-state index contributed by atoms with van der Waals surface area (Å²) >= 11 is 0. The van der Waals surface area contributed by atoms with Gasteiger partial charge in [0.2, 0.25) is 5.96 Å². The molecule has 0 aliphatic heterocycles. The predicted octanol–water partition coefficient (Wildman–Crippen LogP) is -0.00113. The van der Waals surface area contributed by atoms with E-state index < -0.39 is 0 Å². The Morgan fingerprint density at radius 2 is 2.25 bits per heavy atom. The Kier molecular flexibility index (Phi) is 2.47. The second-order valence-electron chi connectivity index (χ2n) is 1.23. The van der Waals surface area contributed by atoms with Crippen LogP contribution in [0.3, 0.4) is 0 Å². The second kappa shape index (κ2) is 2.90. The Hall–Kier alpha value is -1.19. The van der Waals surface area contributed by atoms with Crippen LogP contribution < -0.4 is 5.73 Å². The summed E-state index contributed by atoms with van der Waals surface area (Å²) < 4.78 is 0. The number of hydrogen-bond donors (Lipinski definition) is 2. The lowest BCUT2D eigenvalue weighted by Crippen LogP contribution is -2.07. The zero-order chi connectivity index (χ0) is 6.57. The van der Waals surface area contributed by atoms with Gasteiger partial charge in [-0.2, -0.15) is 4.99 Å². The van der Waals surface area contributed by atoms with Gasteiger partial charge in [-0.3, -0.25) is 5.41 Å². The first-order chi connectivity index (χ1) is 3.66. The van der Waals surface area contributed by atoms with Crippen LogP contribution in [-0.2, 0) is 0 Å². The molecule has 0 saturated carbocycles. The van der Waals surface area contributed by atoms with Gasteiger partial charge in [-0.05, 0) is 13.6 Å². The number of nitrogens with two attached hydrogens (primary N) is 1. The minimum atomic E-state index is -0.148. The van der Waals surface area contributed by atoms with Gasteiger partial charge in [0.25, 0.3) is 0 Å². The molecule has 3 N–H and O–H groups in total. The zero-order valence-corrected chi connectivity index (χ0v) is 4.68. The molecule has 0 radical (unpaired) electrons. The Balaban J connectivity index is 3.89. The summed E-state index contributed by atoms with van der Waals surface area (Å²) in [5, 5.41) is 6.77. The molecule has 0 unspecified atom stereocenters. The van der Waals surface area contributed by atoms with Crippen molar-refractivity contribution in [2.24, 2.45) is 15.7 Å². The van der Waals surface area contributed by atoms with Crippen molar-refractivity contribution in [3.8, 4) is 0 Å². The minimum absolute atomic E-state index is 0.148. The Morgan fingerprint density at radius 3 is 2.38 bits per heavy atom. The third-order valence-electron chi connectivity index (χ3n) is 0.432. The van der Waals surface area contributed by atoms with Crippen molar-refractivity contribution in [3.63, 3.8) is 0 Å². The van der Waals surface area contributed by atoms with Crippen LogP contribution in [0, 0.1) is 5.41 Å². The summed E-state index contributed by atoms with van der Waals surface area (Å²) in [6, 6.07) is 0. The number of guanidine groups is 1. The van der Waals surface area contributed by atoms with Crippen LogP contribution in [0.15, 0.2) is 9.98 Å². The van der Waals surface area contributed by atoms with Gasteiger partial charge in [-0.15, -0.1) is 0 Å². The highest BCUT2D eigenvalue weighted by Gasteiger charge is 1.82. The molecule has 0 aromatic carbocycles. The van der Waals surface area contributed by atoms with Gasteiger partial charge < -0.3 is 5.73 Å². The SMILES string of the molecule is C=NC(=N)N=C(C)N. The van der Waals surface area contributed by atoms with Crippen LogP contribution >= 0.6 is 0 Å². The summed E-state index contributed by atoms with van der Waals surface area (Å²) in [6.07, 6.45) is 0. The van der Waals surface area contributed by atoms with Crippen LogP contribution in [0.25, 0.3) is 0 Å². The highest BCUT2D eigenvalue weighted by Crippen LogP contribution is 1.74. The molecule has 44 valence electrons. The third-order valence-corrected chi connectivity index (χ3v) is 0.432. The van der Waals surface area contributed by atoms with Crippen molar-refractivity contribution in [1.29, 1.82) is 5.41 Å². The molecule has 4 nitrogen and oxygen atoms in total. The van der Waals surface area contributed by atoms with Gasteiger partial charge in [0.15, 0.2) is 0 Å². The lowest BCUT2D eigenvalue weighted by atomic mass is 10.7. The van der Waals surface area contributed by atoms with E-state index in [1.165, 1.54) is 0 Å². The number of amidine groups is 1. The fraction of sp³-hybridized carbons (Fsp3) is 0.250. The summed E-state index contributed by atoms with van der Waals surface area (Å²) in [4.78, 5) is 6.64. The van der Waals surface area contributed by atoms with E-state index in [9.17, 15) is 0 Å². The van der Waals surface area contributed by atoms with E-state index in [1.54, 1.807) is 6.92 Å². The average Bonchev–Trinajstić information content (AvgIpc) is 1.65. The van der Waals surface area contributed by atoms with Gasteiger partial charge in [0.1, 0.15) is 0 Å². The molecule has 0 bridgehead atoms. The van der Waals surface area contributed by atoms with Gasteiger partial charge in [-0.25, -0.2) is 4.99 Å². The standard InChI is InChI=1S/C4H8N4/c1-3(5)8-4(6)7-2/h2H2,1H3,(H3,5,6,8). The first kappa shape index (κ1) is 6.81. The number of nitrogens with one attached hydrogen (secondary N) is 1. The zero-order valence-electron chi connectivity index (χ0n) is 4.68. The molecule has 0 heterocycles. The molecule has 0 atom stereocenters. The Labute approximate surface area is 47.6 Å². The van der Waals surface area contributed by atoms with Gasteiger partial charge in [-0.1, -0.05) is 0 Å². The fourth-order valence-electron chi connectivity index (χ4n) is 0.202. The van der Waals surface area contributed by atoms with E-state index in [4.69, 9.17) is 11.1 Å². The van der Waals surface area contributed by atoms with Crippen molar-refractivity contribution in [2.45, 2.75) is 6.92 Å². The normalized spacial score (nSPS) is 10.9. The van der Waals surface area contributed by atoms with Crippen LogP contribution in [-0.4, -0.2) is 18.5 Å². The van der Waals surface area contributed by atoms with Gasteiger partial charge in [0, 0.05) is 0 Å². The molecular weight excluding hydrogens is 104 g/mol. The smallest absolute Gasteiger partial charge is 0.242 e. The molecule has 4 heteroatoms. The minimum Gasteiger partial charge on any atom is -0.387 e. The van der Waals surface area contributed by atoms with Crippen molar-refractivity contribution < 1.29 is 0 Å². The quantitative estimate of drug-likeness (QED) is 0.336. The maximum atomic E-state index is 6.77. The van der Waals surface area contributed by atoms with Gasteiger partial charge in [0.05, 0.1) is 5.84 Å². The van der Waals surface area contributed by atoms with Crippen LogP contribution in [0.5, 0.6) is 0 Å². The topological polar surface area (TPSA) is 74.6 Å². The van der Waals surface area contributed by atoms with E-state index >= 15 is 0 Å². The van der Waals surface area contributed by atoms with Crippen LogP contribution in [0.2, 0.25) is 0 Å². The molecule has 0 aliphatic carbocycles. The first-order valence-electron chi connectivity index (χ1n) is 2.03. The molecule has 0 rings (SSSR count).